The summed E-state index contributed by atoms with van der Waals surface area (Å²) in [5.74, 6) is 0.616. The average molecular weight is 553 g/mol. The molecule has 7 aromatic carbocycles. The molecule has 0 saturated heterocycles. The summed E-state index contributed by atoms with van der Waals surface area (Å²) >= 11 is 0. The second-order valence-electron chi connectivity index (χ2n) is 11.3. The Kier molecular flexibility index (Phi) is 4.56. The van der Waals surface area contributed by atoms with Crippen LogP contribution in [0.2, 0.25) is 0 Å². The zero-order valence-electron chi connectivity index (χ0n) is 27.3. The molecule has 1 nitrogen and oxygen atoms in total. The van der Waals surface area contributed by atoms with Crippen molar-refractivity contribution in [2.45, 2.75) is 12.0 Å². The van der Waals surface area contributed by atoms with Gasteiger partial charge in [-0.2, -0.15) is 0 Å². The molecule has 7 aromatic rings. The Balaban J connectivity index is 1.25. The summed E-state index contributed by atoms with van der Waals surface area (Å²) in [7, 11) is 0. The number of hydrogen-bond acceptors (Lipinski definition) is 1. The van der Waals surface area contributed by atoms with Crippen molar-refractivity contribution in [3.05, 3.63) is 168 Å². The summed E-state index contributed by atoms with van der Waals surface area (Å²) in [4.78, 5) is 0. The standard InChI is InChI=1S/C42H28O/c1-2-12-27(13-3-1)30-15-6-7-17-33(30)41-36-20-10-8-18-34(36)40(35-19-9-11-21-37(35)41)29-23-24-32-38-25-22-28-14-4-5-16-31(28)42(38)43-39(32)26-29/h1-26,38,42H/i4D,5D,14D,16D. The fourth-order valence-electron chi connectivity index (χ4n) is 7.07. The third-order valence-corrected chi connectivity index (χ3v) is 8.96. The van der Waals surface area contributed by atoms with Gasteiger partial charge in [-0.05, 0) is 66.6 Å². The minimum Gasteiger partial charge on any atom is -0.484 e. The second kappa shape index (κ2) is 9.58. The molecule has 0 bridgehead atoms. The highest BCUT2D eigenvalue weighted by Gasteiger charge is 2.37. The summed E-state index contributed by atoms with van der Waals surface area (Å²) in [6.07, 6.45) is 3.34. The molecule has 0 fully saturated rings. The molecular formula is C42H28O. The van der Waals surface area contributed by atoms with Crippen molar-refractivity contribution in [2.75, 3.05) is 0 Å². The van der Waals surface area contributed by atoms with Crippen molar-refractivity contribution in [1.29, 1.82) is 0 Å². The third kappa shape index (κ3) is 3.72. The first-order valence-electron chi connectivity index (χ1n) is 16.7. The minimum absolute atomic E-state index is 0.0252. The van der Waals surface area contributed by atoms with Crippen molar-refractivity contribution in [3.8, 4) is 39.1 Å². The van der Waals surface area contributed by atoms with Gasteiger partial charge < -0.3 is 4.74 Å². The van der Waals surface area contributed by atoms with Gasteiger partial charge in [0.1, 0.15) is 11.9 Å². The second-order valence-corrected chi connectivity index (χ2v) is 11.3. The number of benzene rings is 7. The number of hydrogen-bond donors (Lipinski definition) is 0. The van der Waals surface area contributed by atoms with Crippen LogP contribution >= 0.6 is 0 Å². The van der Waals surface area contributed by atoms with Crippen molar-refractivity contribution in [3.63, 3.8) is 0 Å². The van der Waals surface area contributed by atoms with E-state index in [1.54, 1.807) is 0 Å². The lowest BCUT2D eigenvalue weighted by Gasteiger charge is -2.22. The Bertz CT molecular complexity index is 2390. The normalized spacial score (nSPS) is 17.8. The van der Waals surface area contributed by atoms with Gasteiger partial charge in [0, 0.05) is 17.0 Å². The van der Waals surface area contributed by atoms with E-state index >= 15 is 0 Å². The van der Waals surface area contributed by atoms with Gasteiger partial charge >= 0.3 is 0 Å². The van der Waals surface area contributed by atoms with Crippen LogP contribution in [0, 0.1) is 0 Å². The van der Waals surface area contributed by atoms with Crippen molar-refractivity contribution >= 4 is 27.6 Å². The molecule has 0 radical (unpaired) electrons. The first-order valence-corrected chi connectivity index (χ1v) is 14.7. The zero-order valence-corrected chi connectivity index (χ0v) is 23.3. The Morgan fingerprint density at radius 1 is 0.535 bits per heavy atom. The maximum absolute atomic E-state index is 8.68. The lowest BCUT2D eigenvalue weighted by atomic mass is 9.82. The molecule has 43 heavy (non-hydrogen) atoms. The summed E-state index contributed by atoms with van der Waals surface area (Å²) in [5.41, 5.74) is 9.00. The van der Waals surface area contributed by atoms with Crippen LogP contribution in [0.4, 0.5) is 0 Å². The fourth-order valence-corrected chi connectivity index (χ4v) is 7.07. The highest BCUT2D eigenvalue weighted by Crippen LogP contribution is 2.52. The van der Waals surface area contributed by atoms with Gasteiger partial charge in [-0.1, -0.05) is 152 Å². The van der Waals surface area contributed by atoms with Gasteiger partial charge in [0.05, 0.1) is 5.48 Å². The Morgan fingerprint density at radius 3 is 1.91 bits per heavy atom. The van der Waals surface area contributed by atoms with Crippen molar-refractivity contribution < 1.29 is 10.2 Å². The Morgan fingerprint density at radius 2 is 1.16 bits per heavy atom. The predicted molar refractivity (Wildman–Crippen MR) is 179 cm³/mol. The molecule has 0 N–H and O–H groups in total. The molecule has 2 atom stereocenters. The minimum atomic E-state index is -0.507. The Hall–Kier alpha value is -5.40. The number of fused-ring (bicyclic) bond motifs is 7. The van der Waals surface area contributed by atoms with Crippen LogP contribution in [-0.2, 0) is 0 Å². The molecule has 1 heteroatoms. The number of ether oxygens (including phenoxy) is 1. The van der Waals surface area contributed by atoms with Crippen LogP contribution in [0.1, 0.15) is 34.2 Å². The molecule has 2 aliphatic rings. The Labute approximate surface area is 257 Å². The maximum atomic E-state index is 8.68. The van der Waals surface area contributed by atoms with Crippen molar-refractivity contribution in [2.24, 2.45) is 0 Å². The van der Waals surface area contributed by atoms with E-state index in [-0.39, 0.29) is 30.1 Å². The van der Waals surface area contributed by atoms with E-state index in [2.05, 4.69) is 121 Å². The van der Waals surface area contributed by atoms with Crippen LogP contribution in [0.3, 0.4) is 0 Å². The van der Waals surface area contributed by atoms with Gasteiger partial charge in [0.25, 0.3) is 0 Å². The van der Waals surface area contributed by atoms with E-state index in [0.717, 1.165) is 33.2 Å². The summed E-state index contributed by atoms with van der Waals surface area (Å²) in [6, 6.07) is 42.3. The van der Waals surface area contributed by atoms with E-state index in [1.165, 1.54) is 33.0 Å². The number of rotatable bonds is 3. The molecule has 1 heterocycles. The summed E-state index contributed by atoms with van der Waals surface area (Å²) in [5, 5.41) is 4.65. The SMILES string of the molecule is [2H]c1c([2H])c([2H])c2c(c1[2H])C=CC1c3ccc(-c4c5ccccc5c(-c5ccccc5-c5ccccc5)c5ccccc45)cc3OC21. The topological polar surface area (TPSA) is 9.23 Å². The molecule has 9 rings (SSSR count). The fraction of sp³-hybridized carbons (Fsp3) is 0.0476. The average Bonchev–Trinajstić information content (AvgIpc) is 3.50. The molecule has 0 aromatic heterocycles. The van der Waals surface area contributed by atoms with Crippen LogP contribution in [0.25, 0.3) is 61.0 Å². The molecule has 0 spiro atoms. The summed E-state index contributed by atoms with van der Waals surface area (Å²) < 4.78 is 40.2. The largest absolute Gasteiger partial charge is 0.484 e. The molecule has 0 amide bonds. The van der Waals surface area contributed by atoms with Crippen LogP contribution < -0.4 is 4.74 Å². The van der Waals surface area contributed by atoms with E-state index in [9.17, 15) is 0 Å². The molecule has 2 unspecified atom stereocenters. The molecule has 1 aliphatic heterocycles. The monoisotopic (exact) mass is 552 g/mol. The van der Waals surface area contributed by atoms with Crippen LogP contribution in [-0.4, -0.2) is 0 Å². The van der Waals surface area contributed by atoms with E-state index < -0.39 is 6.10 Å². The van der Waals surface area contributed by atoms with Gasteiger partial charge in [0.2, 0.25) is 0 Å². The third-order valence-electron chi connectivity index (χ3n) is 8.96. The van der Waals surface area contributed by atoms with E-state index in [0.29, 0.717) is 11.1 Å². The van der Waals surface area contributed by atoms with Crippen LogP contribution in [0.5, 0.6) is 5.75 Å². The van der Waals surface area contributed by atoms with Gasteiger partial charge in [-0.3, -0.25) is 0 Å². The quantitative estimate of drug-likeness (QED) is 0.198. The summed E-state index contributed by atoms with van der Waals surface area (Å²) in [6.45, 7) is 0. The molecule has 0 saturated carbocycles. The van der Waals surface area contributed by atoms with E-state index in [1.807, 2.05) is 12.2 Å². The first kappa shape index (κ1) is 20.5. The van der Waals surface area contributed by atoms with E-state index in [4.69, 9.17) is 10.2 Å². The zero-order chi connectivity index (χ0) is 31.8. The molecule has 1 aliphatic carbocycles. The van der Waals surface area contributed by atoms with Gasteiger partial charge in [-0.15, -0.1) is 0 Å². The van der Waals surface area contributed by atoms with Crippen LogP contribution in [0.15, 0.2) is 152 Å². The lowest BCUT2D eigenvalue weighted by molar-refractivity contribution is 0.223. The molecule has 202 valence electrons. The van der Waals surface area contributed by atoms with Gasteiger partial charge in [-0.25, -0.2) is 0 Å². The smallest absolute Gasteiger partial charge is 0.135 e. The molecular weight excluding hydrogens is 520 g/mol. The predicted octanol–water partition coefficient (Wildman–Crippen LogP) is 11.2. The van der Waals surface area contributed by atoms with Crippen molar-refractivity contribution in [1.82, 2.24) is 0 Å². The lowest BCUT2D eigenvalue weighted by Crippen LogP contribution is -2.12. The highest BCUT2D eigenvalue weighted by molar-refractivity contribution is 6.22. The highest BCUT2D eigenvalue weighted by atomic mass is 16.5. The first-order chi connectivity index (χ1) is 23.0. The van der Waals surface area contributed by atoms with Gasteiger partial charge in [0.15, 0.2) is 0 Å². The maximum Gasteiger partial charge on any atom is 0.135 e.